The van der Waals surface area contributed by atoms with Crippen molar-refractivity contribution in [2.45, 2.75) is 30.7 Å². The fourth-order valence-corrected chi connectivity index (χ4v) is 1.93. The van der Waals surface area contributed by atoms with Crippen LogP contribution in [-0.4, -0.2) is 29.3 Å². The minimum Gasteiger partial charge on any atom is -0.481 e. The van der Waals surface area contributed by atoms with E-state index in [2.05, 4.69) is 5.32 Å². The first-order valence-corrected chi connectivity index (χ1v) is 6.96. The van der Waals surface area contributed by atoms with E-state index in [4.69, 9.17) is 5.11 Å². The van der Waals surface area contributed by atoms with Gasteiger partial charge in [-0.3, -0.25) is 9.59 Å². The van der Waals surface area contributed by atoms with Crippen molar-refractivity contribution in [2.75, 3.05) is 6.26 Å². The van der Waals surface area contributed by atoms with Gasteiger partial charge in [-0.15, -0.1) is 11.8 Å². The van der Waals surface area contributed by atoms with Gasteiger partial charge in [-0.1, -0.05) is 6.92 Å². The van der Waals surface area contributed by atoms with Crippen molar-refractivity contribution >= 4 is 23.6 Å². The Morgan fingerprint density at radius 2 is 1.94 bits per heavy atom. The lowest BCUT2D eigenvalue weighted by Crippen LogP contribution is -2.35. The highest BCUT2D eigenvalue weighted by Gasteiger charge is 2.14. The number of hydrogen-bond donors (Lipinski definition) is 2. The Labute approximate surface area is 111 Å². The molecule has 5 heteroatoms. The van der Waals surface area contributed by atoms with Crippen LogP contribution in [0.2, 0.25) is 0 Å². The highest BCUT2D eigenvalue weighted by Crippen LogP contribution is 2.15. The maximum Gasteiger partial charge on any atom is 0.305 e. The molecule has 1 aromatic carbocycles. The Kier molecular flexibility index (Phi) is 5.71. The summed E-state index contributed by atoms with van der Waals surface area (Å²) >= 11 is 1.61. The molecule has 1 aromatic rings. The van der Waals surface area contributed by atoms with Gasteiger partial charge < -0.3 is 10.4 Å². The highest BCUT2D eigenvalue weighted by molar-refractivity contribution is 7.98. The summed E-state index contributed by atoms with van der Waals surface area (Å²) < 4.78 is 0. The third-order valence-corrected chi connectivity index (χ3v) is 3.34. The quantitative estimate of drug-likeness (QED) is 0.777. The molecule has 0 aliphatic heterocycles. The number of hydrogen-bond acceptors (Lipinski definition) is 3. The van der Waals surface area contributed by atoms with Crippen molar-refractivity contribution in [2.24, 2.45) is 0 Å². The van der Waals surface area contributed by atoms with E-state index < -0.39 is 5.97 Å². The molecule has 98 valence electrons. The molecule has 0 saturated carbocycles. The average Bonchev–Trinajstić information content (AvgIpc) is 2.37. The second kappa shape index (κ2) is 7.06. The van der Waals surface area contributed by atoms with Crippen LogP contribution in [0, 0.1) is 0 Å². The zero-order valence-electron chi connectivity index (χ0n) is 10.5. The topological polar surface area (TPSA) is 66.4 Å². The van der Waals surface area contributed by atoms with Crippen LogP contribution in [0.4, 0.5) is 0 Å². The molecular formula is C13H17NO3S. The largest absolute Gasteiger partial charge is 0.481 e. The second-order valence-corrected chi connectivity index (χ2v) is 4.78. The van der Waals surface area contributed by atoms with E-state index >= 15 is 0 Å². The summed E-state index contributed by atoms with van der Waals surface area (Å²) in [5.41, 5.74) is 0.552. The van der Waals surface area contributed by atoms with Crippen molar-refractivity contribution in [1.29, 1.82) is 0 Å². The molecule has 1 amide bonds. The van der Waals surface area contributed by atoms with Gasteiger partial charge in [0.25, 0.3) is 5.91 Å². The molecule has 0 heterocycles. The van der Waals surface area contributed by atoms with Crippen molar-refractivity contribution in [3.8, 4) is 0 Å². The number of nitrogens with one attached hydrogen (secondary N) is 1. The maximum atomic E-state index is 11.9. The Morgan fingerprint density at radius 1 is 1.33 bits per heavy atom. The number of carboxylic acid groups (broad SMARTS) is 1. The Balaban J connectivity index is 2.65. The summed E-state index contributed by atoms with van der Waals surface area (Å²) in [7, 11) is 0. The van der Waals surface area contributed by atoms with Gasteiger partial charge in [0.05, 0.1) is 6.42 Å². The van der Waals surface area contributed by atoms with Crippen LogP contribution >= 0.6 is 11.8 Å². The SMILES string of the molecule is CCC(CC(=O)O)NC(=O)c1ccc(SC)cc1. The number of rotatable bonds is 6. The van der Waals surface area contributed by atoms with Gasteiger partial charge in [-0.05, 0) is 36.9 Å². The zero-order chi connectivity index (χ0) is 13.5. The number of benzene rings is 1. The van der Waals surface area contributed by atoms with Gasteiger partial charge in [0, 0.05) is 16.5 Å². The molecular weight excluding hydrogens is 250 g/mol. The van der Waals surface area contributed by atoms with Crippen LogP contribution in [-0.2, 0) is 4.79 Å². The van der Waals surface area contributed by atoms with Gasteiger partial charge >= 0.3 is 5.97 Å². The monoisotopic (exact) mass is 267 g/mol. The fourth-order valence-electron chi connectivity index (χ4n) is 1.52. The van der Waals surface area contributed by atoms with Gasteiger partial charge in [-0.25, -0.2) is 0 Å². The van der Waals surface area contributed by atoms with E-state index in [1.165, 1.54) is 0 Å². The van der Waals surface area contributed by atoms with Crippen molar-refractivity contribution < 1.29 is 14.7 Å². The van der Waals surface area contributed by atoms with Crippen LogP contribution < -0.4 is 5.32 Å². The third-order valence-electron chi connectivity index (χ3n) is 2.60. The molecule has 0 aliphatic carbocycles. The molecule has 0 fully saturated rings. The molecule has 0 aliphatic rings. The van der Waals surface area contributed by atoms with Crippen molar-refractivity contribution in [3.05, 3.63) is 29.8 Å². The fraction of sp³-hybridized carbons (Fsp3) is 0.385. The molecule has 0 bridgehead atoms. The summed E-state index contributed by atoms with van der Waals surface area (Å²) in [5, 5.41) is 11.4. The van der Waals surface area contributed by atoms with E-state index in [-0.39, 0.29) is 18.4 Å². The summed E-state index contributed by atoms with van der Waals surface area (Å²) in [6.45, 7) is 1.85. The molecule has 4 nitrogen and oxygen atoms in total. The Hall–Kier alpha value is -1.49. The minimum atomic E-state index is -0.903. The molecule has 0 spiro atoms. The molecule has 0 saturated heterocycles. The molecule has 1 rings (SSSR count). The lowest BCUT2D eigenvalue weighted by Gasteiger charge is -2.14. The first-order chi connectivity index (χ1) is 8.56. The van der Waals surface area contributed by atoms with E-state index in [9.17, 15) is 9.59 Å². The van der Waals surface area contributed by atoms with Gasteiger partial charge in [0.15, 0.2) is 0 Å². The minimum absolute atomic E-state index is 0.0505. The van der Waals surface area contributed by atoms with Gasteiger partial charge in [-0.2, -0.15) is 0 Å². The predicted molar refractivity (Wildman–Crippen MR) is 72.0 cm³/mol. The summed E-state index contributed by atoms with van der Waals surface area (Å²) in [4.78, 5) is 23.6. The first-order valence-electron chi connectivity index (χ1n) is 5.73. The van der Waals surface area contributed by atoms with Crippen molar-refractivity contribution in [3.63, 3.8) is 0 Å². The maximum absolute atomic E-state index is 11.9. The molecule has 0 radical (unpaired) electrons. The summed E-state index contributed by atoms with van der Waals surface area (Å²) in [6, 6.07) is 6.91. The van der Waals surface area contributed by atoms with Crippen LogP contribution in [0.5, 0.6) is 0 Å². The summed E-state index contributed by atoms with van der Waals surface area (Å²) in [6.07, 6.45) is 2.52. The standard InChI is InChI=1S/C13H17NO3S/c1-3-10(8-12(15)16)14-13(17)9-4-6-11(18-2)7-5-9/h4-7,10H,3,8H2,1-2H3,(H,14,17)(H,15,16). The van der Waals surface area contributed by atoms with Crippen LogP contribution in [0.25, 0.3) is 0 Å². The van der Waals surface area contributed by atoms with Gasteiger partial charge in [0.1, 0.15) is 0 Å². The van der Waals surface area contributed by atoms with E-state index in [0.717, 1.165) is 4.90 Å². The van der Waals surface area contributed by atoms with Crippen LogP contribution in [0.1, 0.15) is 30.1 Å². The smallest absolute Gasteiger partial charge is 0.305 e. The number of amides is 1. The highest BCUT2D eigenvalue weighted by atomic mass is 32.2. The van der Waals surface area contributed by atoms with E-state index in [1.807, 2.05) is 25.3 Å². The van der Waals surface area contributed by atoms with Crippen molar-refractivity contribution in [1.82, 2.24) is 5.32 Å². The van der Waals surface area contributed by atoms with E-state index in [0.29, 0.717) is 12.0 Å². The molecule has 18 heavy (non-hydrogen) atoms. The molecule has 1 atom stereocenters. The number of carboxylic acids is 1. The average molecular weight is 267 g/mol. The number of carbonyl (C=O) groups excluding carboxylic acids is 1. The summed E-state index contributed by atoms with van der Waals surface area (Å²) in [5.74, 6) is -1.13. The zero-order valence-corrected chi connectivity index (χ0v) is 11.3. The van der Waals surface area contributed by atoms with Gasteiger partial charge in [0.2, 0.25) is 0 Å². The molecule has 1 unspecified atom stereocenters. The lowest BCUT2D eigenvalue weighted by molar-refractivity contribution is -0.137. The second-order valence-electron chi connectivity index (χ2n) is 3.90. The molecule has 0 aromatic heterocycles. The lowest BCUT2D eigenvalue weighted by atomic mass is 10.1. The van der Waals surface area contributed by atoms with Crippen LogP contribution in [0.3, 0.4) is 0 Å². The number of thioether (sulfide) groups is 1. The van der Waals surface area contributed by atoms with E-state index in [1.54, 1.807) is 23.9 Å². The Morgan fingerprint density at radius 3 is 2.39 bits per heavy atom. The Bertz CT molecular complexity index is 417. The number of aliphatic carboxylic acids is 1. The predicted octanol–water partition coefficient (Wildman–Crippen LogP) is 2.39. The van der Waals surface area contributed by atoms with Crippen LogP contribution in [0.15, 0.2) is 29.2 Å². The number of carbonyl (C=O) groups is 2. The third kappa shape index (κ3) is 4.41. The molecule has 2 N–H and O–H groups in total. The normalized spacial score (nSPS) is 11.9. The first kappa shape index (κ1) is 14.6.